The van der Waals surface area contributed by atoms with Crippen molar-refractivity contribution in [3.63, 3.8) is 0 Å². The third kappa shape index (κ3) is 4.48. The van der Waals surface area contributed by atoms with E-state index in [1.54, 1.807) is 19.1 Å². The van der Waals surface area contributed by atoms with Crippen LogP contribution in [-0.4, -0.2) is 59.0 Å². The summed E-state index contributed by atoms with van der Waals surface area (Å²) in [4.78, 5) is 19.1. The molecule has 0 bridgehead atoms. The maximum atomic E-state index is 13.4. The second kappa shape index (κ2) is 8.20. The molecule has 0 saturated carbocycles. The first-order valence-electron chi connectivity index (χ1n) is 10.1. The van der Waals surface area contributed by atoms with Gasteiger partial charge in [0.05, 0.1) is 11.7 Å². The smallest absolute Gasteiger partial charge is 0.227 e. The fraction of sp³-hybridized carbons (Fsp3) is 0.571. The van der Waals surface area contributed by atoms with Crippen molar-refractivity contribution in [2.75, 3.05) is 26.3 Å². The van der Waals surface area contributed by atoms with E-state index in [0.29, 0.717) is 62.0 Å². The number of hydrogen-bond acceptors (Lipinski definition) is 6. The van der Waals surface area contributed by atoms with Gasteiger partial charge in [-0.05, 0) is 37.6 Å². The molecule has 3 heterocycles. The van der Waals surface area contributed by atoms with Crippen molar-refractivity contribution in [1.29, 1.82) is 0 Å². The number of morpholine rings is 1. The summed E-state index contributed by atoms with van der Waals surface area (Å²) in [6, 6.07) is 4.68. The minimum atomic E-state index is -0.288. The molecule has 7 nitrogen and oxygen atoms in total. The van der Waals surface area contributed by atoms with Crippen LogP contribution in [0.4, 0.5) is 4.39 Å². The van der Waals surface area contributed by atoms with Gasteiger partial charge in [0, 0.05) is 57.6 Å². The van der Waals surface area contributed by atoms with Gasteiger partial charge in [-0.15, -0.1) is 0 Å². The van der Waals surface area contributed by atoms with E-state index in [1.165, 1.54) is 6.07 Å². The Hall–Kier alpha value is -2.32. The lowest BCUT2D eigenvalue weighted by molar-refractivity contribution is -0.189. The van der Waals surface area contributed by atoms with Crippen LogP contribution in [0.15, 0.2) is 22.7 Å². The van der Waals surface area contributed by atoms with E-state index in [2.05, 4.69) is 10.1 Å². The average molecular weight is 403 g/mol. The van der Waals surface area contributed by atoms with Gasteiger partial charge in [0.25, 0.3) is 0 Å². The van der Waals surface area contributed by atoms with E-state index in [-0.39, 0.29) is 23.4 Å². The standard InChI is InChI=1S/C21H26FN3O4/c1-14-11-16(3-4-17(14)22)20-23-18(29-24-20)5-6-19(26)25-12-15(2)28-21(13-25)7-9-27-10-8-21/h3-4,11,15H,5-10,12-13H2,1-2H3. The molecule has 0 aliphatic carbocycles. The number of aryl methyl sites for hydroxylation is 2. The molecule has 8 heteroatoms. The predicted molar refractivity (Wildman–Crippen MR) is 103 cm³/mol. The highest BCUT2D eigenvalue weighted by atomic mass is 19.1. The number of ether oxygens (including phenoxy) is 2. The molecule has 2 aromatic rings. The third-order valence-corrected chi connectivity index (χ3v) is 5.60. The number of hydrogen-bond donors (Lipinski definition) is 0. The molecular weight excluding hydrogens is 377 g/mol. The minimum absolute atomic E-state index is 0.00234. The summed E-state index contributed by atoms with van der Waals surface area (Å²) >= 11 is 0. The van der Waals surface area contributed by atoms with E-state index in [0.717, 1.165) is 12.8 Å². The number of rotatable bonds is 4. The van der Waals surface area contributed by atoms with E-state index in [9.17, 15) is 9.18 Å². The van der Waals surface area contributed by atoms with Gasteiger partial charge in [0.1, 0.15) is 5.82 Å². The Bertz CT molecular complexity index is 879. The molecule has 2 fully saturated rings. The Morgan fingerprint density at radius 3 is 2.90 bits per heavy atom. The van der Waals surface area contributed by atoms with Crippen molar-refractivity contribution in [2.24, 2.45) is 0 Å². The van der Waals surface area contributed by atoms with Crippen LogP contribution >= 0.6 is 0 Å². The zero-order valence-electron chi connectivity index (χ0n) is 16.8. The monoisotopic (exact) mass is 403 g/mol. The van der Waals surface area contributed by atoms with E-state index in [1.807, 2.05) is 11.8 Å². The van der Waals surface area contributed by atoms with Crippen LogP contribution in [0.1, 0.15) is 37.6 Å². The summed E-state index contributed by atoms with van der Waals surface area (Å²) in [5.41, 5.74) is 0.921. The number of carbonyl (C=O) groups is 1. The van der Waals surface area contributed by atoms with Crippen molar-refractivity contribution in [3.8, 4) is 11.4 Å². The molecule has 1 spiro atoms. The Balaban J connectivity index is 1.37. The van der Waals surface area contributed by atoms with Crippen LogP contribution in [0.2, 0.25) is 0 Å². The number of carbonyl (C=O) groups excluding carboxylic acids is 1. The zero-order valence-corrected chi connectivity index (χ0v) is 16.8. The van der Waals surface area contributed by atoms with Crippen LogP contribution in [0.5, 0.6) is 0 Å². The first-order valence-corrected chi connectivity index (χ1v) is 10.1. The van der Waals surface area contributed by atoms with Gasteiger partial charge in [0.15, 0.2) is 0 Å². The number of nitrogens with zero attached hydrogens (tertiary/aromatic N) is 3. The first kappa shape index (κ1) is 20.0. The largest absolute Gasteiger partial charge is 0.381 e. The van der Waals surface area contributed by atoms with E-state index in [4.69, 9.17) is 14.0 Å². The fourth-order valence-electron chi connectivity index (χ4n) is 4.06. The topological polar surface area (TPSA) is 77.7 Å². The Morgan fingerprint density at radius 2 is 2.14 bits per heavy atom. The van der Waals surface area contributed by atoms with Gasteiger partial charge in [-0.25, -0.2) is 4.39 Å². The van der Waals surface area contributed by atoms with Gasteiger partial charge in [-0.2, -0.15) is 4.98 Å². The molecule has 2 aliphatic heterocycles. The number of amides is 1. The molecular formula is C21H26FN3O4. The van der Waals surface area contributed by atoms with Gasteiger partial charge in [-0.3, -0.25) is 4.79 Å². The summed E-state index contributed by atoms with van der Waals surface area (Å²) in [7, 11) is 0. The fourth-order valence-corrected chi connectivity index (χ4v) is 4.06. The minimum Gasteiger partial charge on any atom is -0.381 e. The van der Waals surface area contributed by atoms with E-state index < -0.39 is 0 Å². The molecule has 1 amide bonds. The molecule has 1 atom stereocenters. The van der Waals surface area contributed by atoms with Gasteiger partial charge >= 0.3 is 0 Å². The lowest BCUT2D eigenvalue weighted by atomic mass is 9.91. The van der Waals surface area contributed by atoms with E-state index >= 15 is 0 Å². The third-order valence-electron chi connectivity index (χ3n) is 5.60. The summed E-state index contributed by atoms with van der Waals surface area (Å²) in [6.07, 6.45) is 2.29. The summed E-state index contributed by atoms with van der Waals surface area (Å²) < 4.78 is 30.4. The molecule has 4 rings (SSSR count). The summed E-state index contributed by atoms with van der Waals surface area (Å²) in [6.45, 7) is 6.22. The molecule has 156 valence electrons. The maximum Gasteiger partial charge on any atom is 0.227 e. The first-order chi connectivity index (χ1) is 13.9. The summed E-state index contributed by atoms with van der Waals surface area (Å²) in [5, 5.41) is 3.96. The molecule has 2 saturated heterocycles. The summed E-state index contributed by atoms with van der Waals surface area (Å²) in [5.74, 6) is 0.586. The maximum absolute atomic E-state index is 13.4. The number of halogens is 1. The van der Waals surface area contributed by atoms with Crippen LogP contribution in [0.3, 0.4) is 0 Å². The normalized spacial score (nSPS) is 21.5. The van der Waals surface area contributed by atoms with Gasteiger partial charge in [0.2, 0.25) is 17.6 Å². The molecule has 1 aromatic heterocycles. The zero-order chi connectivity index (χ0) is 20.4. The quantitative estimate of drug-likeness (QED) is 0.781. The average Bonchev–Trinajstić information content (AvgIpc) is 3.17. The highest BCUT2D eigenvalue weighted by Crippen LogP contribution is 2.31. The molecule has 1 unspecified atom stereocenters. The Morgan fingerprint density at radius 1 is 1.34 bits per heavy atom. The second-order valence-corrected chi connectivity index (χ2v) is 7.97. The van der Waals surface area contributed by atoms with Crippen LogP contribution in [-0.2, 0) is 20.7 Å². The highest BCUT2D eigenvalue weighted by Gasteiger charge is 2.42. The van der Waals surface area contributed by atoms with Crippen molar-refractivity contribution in [3.05, 3.63) is 35.5 Å². The second-order valence-electron chi connectivity index (χ2n) is 7.97. The van der Waals surface area contributed by atoms with Gasteiger partial charge in [-0.1, -0.05) is 5.16 Å². The van der Waals surface area contributed by atoms with Gasteiger partial charge < -0.3 is 18.9 Å². The Labute approximate surface area is 169 Å². The van der Waals surface area contributed by atoms with Crippen molar-refractivity contribution in [1.82, 2.24) is 15.0 Å². The molecule has 1 aromatic carbocycles. The Kier molecular flexibility index (Phi) is 5.65. The predicted octanol–water partition coefficient (Wildman–Crippen LogP) is 2.91. The lowest BCUT2D eigenvalue weighted by Gasteiger charge is -2.47. The number of benzene rings is 1. The highest BCUT2D eigenvalue weighted by molar-refractivity contribution is 5.76. The van der Waals surface area contributed by atoms with Crippen LogP contribution in [0, 0.1) is 12.7 Å². The molecule has 2 aliphatic rings. The van der Waals surface area contributed by atoms with Crippen LogP contribution in [0.25, 0.3) is 11.4 Å². The van der Waals surface area contributed by atoms with Crippen LogP contribution < -0.4 is 0 Å². The number of aromatic nitrogens is 2. The molecule has 29 heavy (non-hydrogen) atoms. The van der Waals surface area contributed by atoms with Crippen molar-refractivity contribution < 1.29 is 23.2 Å². The van der Waals surface area contributed by atoms with Crippen molar-refractivity contribution >= 4 is 5.91 Å². The molecule has 0 radical (unpaired) electrons. The molecule has 0 N–H and O–H groups in total. The SMILES string of the molecule is Cc1cc(-c2noc(CCC(=O)N3CC(C)OC4(CCOCC4)C3)n2)ccc1F. The van der Waals surface area contributed by atoms with Crippen molar-refractivity contribution in [2.45, 2.75) is 51.2 Å². The lowest BCUT2D eigenvalue weighted by Crippen LogP contribution is -2.58.